The molecule has 2 aromatic heterocycles. The van der Waals surface area contributed by atoms with Gasteiger partial charge in [0.2, 0.25) is 0 Å². The number of aliphatic carboxylic acids is 1. The molecule has 0 aliphatic heterocycles. The molecule has 1 aromatic carbocycles. The fraction of sp³-hybridized carbons (Fsp3) is 0.211. The predicted molar refractivity (Wildman–Crippen MR) is 94.3 cm³/mol. The number of nitrogens with zero attached hydrogens (tertiary/aromatic N) is 2. The van der Waals surface area contributed by atoms with Crippen molar-refractivity contribution in [1.29, 1.82) is 0 Å². The molecule has 2 heterocycles. The summed E-state index contributed by atoms with van der Waals surface area (Å²) in [6.45, 7) is 3.60. The van der Waals surface area contributed by atoms with Crippen LogP contribution in [-0.2, 0) is 11.3 Å². The second-order valence-electron chi connectivity index (χ2n) is 5.91. The van der Waals surface area contributed by atoms with E-state index < -0.39 is 12.6 Å². The van der Waals surface area contributed by atoms with Crippen LogP contribution in [0.15, 0.2) is 51.9 Å². The van der Waals surface area contributed by atoms with Gasteiger partial charge in [0, 0.05) is 23.4 Å². The summed E-state index contributed by atoms with van der Waals surface area (Å²) in [5.41, 5.74) is 3.16. The van der Waals surface area contributed by atoms with Crippen LogP contribution in [0.2, 0.25) is 0 Å². The lowest BCUT2D eigenvalue weighted by Crippen LogP contribution is -2.19. The van der Waals surface area contributed by atoms with Crippen LogP contribution in [0.5, 0.6) is 5.75 Å². The van der Waals surface area contributed by atoms with E-state index in [2.05, 4.69) is 5.16 Å². The van der Waals surface area contributed by atoms with E-state index >= 15 is 0 Å². The van der Waals surface area contributed by atoms with Crippen molar-refractivity contribution in [2.24, 2.45) is 0 Å². The fourth-order valence-corrected chi connectivity index (χ4v) is 2.77. The maximum atomic E-state index is 12.2. The molecule has 26 heavy (non-hydrogen) atoms. The summed E-state index contributed by atoms with van der Waals surface area (Å²) in [5, 5.41) is 12.6. The quantitative estimate of drug-likeness (QED) is 0.731. The Morgan fingerprint density at radius 1 is 1.27 bits per heavy atom. The van der Waals surface area contributed by atoms with E-state index in [0.29, 0.717) is 18.1 Å². The summed E-state index contributed by atoms with van der Waals surface area (Å²) < 4.78 is 12.0. The molecule has 0 unspecified atom stereocenters. The summed E-state index contributed by atoms with van der Waals surface area (Å²) in [6, 6.07) is 10.3. The molecule has 1 N–H and O–H groups in total. The number of rotatable bonds is 6. The molecule has 0 bridgehead atoms. The van der Waals surface area contributed by atoms with E-state index in [9.17, 15) is 9.59 Å². The van der Waals surface area contributed by atoms with Crippen LogP contribution in [0.25, 0.3) is 11.1 Å². The molecule has 0 aliphatic rings. The number of carboxylic acid groups (broad SMARTS) is 1. The number of carboxylic acids is 1. The van der Waals surface area contributed by atoms with Gasteiger partial charge in [-0.05, 0) is 37.6 Å². The maximum Gasteiger partial charge on any atom is 0.341 e. The molecule has 3 aromatic rings. The molecule has 0 saturated carbocycles. The van der Waals surface area contributed by atoms with Crippen LogP contribution >= 0.6 is 0 Å². The molecule has 7 nitrogen and oxygen atoms in total. The van der Waals surface area contributed by atoms with E-state index in [0.717, 1.165) is 22.4 Å². The molecule has 3 rings (SSSR count). The van der Waals surface area contributed by atoms with Gasteiger partial charge >= 0.3 is 5.97 Å². The highest BCUT2D eigenvalue weighted by Gasteiger charge is 2.12. The van der Waals surface area contributed by atoms with E-state index in [1.54, 1.807) is 35.0 Å². The average Bonchev–Trinajstić information content (AvgIpc) is 2.94. The lowest BCUT2D eigenvalue weighted by atomic mass is 10.1. The van der Waals surface area contributed by atoms with E-state index in [1.807, 2.05) is 19.9 Å². The first kappa shape index (κ1) is 17.5. The molecule has 0 saturated heterocycles. The average molecular weight is 354 g/mol. The first-order chi connectivity index (χ1) is 12.4. The Bertz CT molecular complexity index is 984. The van der Waals surface area contributed by atoms with E-state index in [4.69, 9.17) is 14.4 Å². The van der Waals surface area contributed by atoms with Crippen molar-refractivity contribution in [1.82, 2.24) is 9.72 Å². The van der Waals surface area contributed by atoms with Gasteiger partial charge in [0.15, 0.2) is 6.61 Å². The Morgan fingerprint density at radius 2 is 2.08 bits per heavy atom. The monoisotopic (exact) mass is 354 g/mol. The molecular formula is C19H18N2O5. The standard InChI is InChI=1S/C19H18N2O5/c1-12-19(13(2)26-20-12)15-6-7-17(22)21(10-15)9-14-4-3-5-16(8-14)25-11-18(23)24/h3-8,10H,9,11H2,1-2H3,(H,23,24). The van der Waals surface area contributed by atoms with Crippen molar-refractivity contribution in [2.75, 3.05) is 6.61 Å². The molecular weight excluding hydrogens is 336 g/mol. The zero-order valence-corrected chi connectivity index (χ0v) is 14.4. The lowest BCUT2D eigenvalue weighted by molar-refractivity contribution is -0.139. The summed E-state index contributed by atoms with van der Waals surface area (Å²) >= 11 is 0. The van der Waals surface area contributed by atoms with Crippen LogP contribution in [0.1, 0.15) is 17.0 Å². The van der Waals surface area contributed by atoms with Gasteiger partial charge in [-0.1, -0.05) is 17.3 Å². The van der Waals surface area contributed by atoms with Gasteiger partial charge in [-0.2, -0.15) is 0 Å². The highest BCUT2D eigenvalue weighted by atomic mass is 16.5. The Labute approximate surface area is 149 Å². The molecule has 0 spiro atoms. The van der Waals surface area contributed by atoms with Gasteiger partial charge < -0.3 is 18.9 Å². The highest BCUT2D eigenvalue weighted by molar-refractivity contribution is 5.68. The smallest absolute Gasteiger partial charge is 0.341 e. The molecule has 0 aliphatic carbocycles. The Morgan fingerprint density at radius 3 is 2.77 bits per heavy atom. The number of hydrogen-bond acceptors (Lipinski definition) is 5. The molecule has 0 atom stereocenters. The van der Waals surface area contributed by atoms with Crippen molar-refractivity contribution in [2.45, 2.75) is 20.4 Å². The van der Waals surface area contributed by atoms with Crippen molar-refractivity contribution < 1.29 is 19.2 Å². The zero-order valence-electron chi connectivity index (χ0n) is 14.4. The SMILES string of the molecule is Cc1noc(C)c1-c1ccc(=O)n(Cc2cccc(OCC(=O)O)c2)c1. The number of pyridine rings is 1. The van der Waals surface area contributed by atoms with Gasteiger partial charge in [0.1, 0.15) is 11.5 Å². The minimum absolute atomic E-state index is 0.141. The Hall–Kier alpha value is -3.35. The van der Waals surface area contributed by atoms with Crippen LogP contribution in [0, 0.1) is 13.8 Å². The van der Waals surface area contributed by atoms with Gasteiger partial charge in [-0.3, -0.25) is 4.79 Å². The molecule has 134 valence electrons. The first-order valence-electron chi connectivity index (χ1n) is 8.01. The lowest BCUT2D eigenvalue weighted by Gasteiger charge is -2.10. The minimum Gasteiger partial charge on any atom is -0.482 e. The number of aryl methyl sites for hydroxylation is 2. The van der Waals surface area contributed by atoms with Gasteiger partial charge in [-0.15, -0.1) is 0 Å². The van der Waals surface area contributed by atoms with E-state index in [-0.39, 0.29) is 5.56 Å². The zero-order chi connectivity index (χ0) is 18.7. The molecule has 0 radical (unpaired) electrons. The number of hydrogen-bond donors (Lipinski definition) is 1. The normalized spacial score (nSPS) is 10.7. The van der Waals surface area contributed by atoms with E-state index in [1.165, 1.54) is 6.07 Å². The fourth-order valence-electron chi connectivity index (χ4n) is 2.77. The van der Waals surface area contributed by atoms with Crippen LogP contribution in [0.4, 0.5) is 0 Å². The molecule has 0 amide bonds. The second kappa shape index (κ2) is 7.26. The highest BCUT2D eigenvalue weighted by Crippen LogP contribution is 2.26. The van der Waals surface area contributed by atoms with Crippen molar-refractivity contribution in [3.8, 4) is 16.9 Å². The second-order valence-corrected chi connectivity index (χ2v) is 5.91. The number of ether oxygens (including phenoxy) is 1. The summed E-state index contributed by atoms with van der Waals surface area (Å²) in [5.74, 6) is 0.0929. The molecule has 7 heteroatoms. The summed E-state index contributed by atoms with van der Waals surface area (Å²) in [4.78, 5) is 22.8. The van der Waals surface area contributed by atoms with Gasteiger partial charge in [-0.25, -0.2) is 4.79 Å². The summed E-state index contributed by atoms with van der Waals surface area (Å²) in [6.07, 6.45) is 1.76. The van der Waals surface area contributed by atoms with Crippen molar-refractivity contribution in [3.05, 3.63) is 70.0 Å². The third-order valence-electron chi connectivity index (χ3n) is 3.92. The maximum absolute atomic E-state index is 12.2. The van der Waals surface area contributed by atoms with Crippen LogP contribution in [-0.4, -0.2) is 27.4 Å². The Kier molecular flexibility index (Phi) is 4.88. The van der Waals surface area contributed by atoms with Gasteiger partial charge in [0.05, 0.1) is 12.2 Å². The third-order valence-corrected chi connectivity index (χ3v) is 3.92. The van der Waals surface area contributed by atoms with Gasteiger partial charge in [0.25, 0.3) is 5.56 Å². The third kappa shape index (κ3) is 3.83. The number of benzene rings is 1. The Balaban J connectivity index is 1.89. The van der Waals surface area contributed by atoms with Crippen molar-refractivity contribution in [3.63, 3.8) is 0 Å². The van der Waals surface area contributed by atoms with Crippen LogP contribution in [0.3, 0.4) is 0 Å². The van der Waals surface area contributed by atoms with Crippen molar-refractivity contribution >= 4 is 5.97 Å². The predicted octanol–water partition coefficient (Wildman–Crippen LogP) is 2.63. The summed E-state index contributed by atoms with van der Waals surface area (Å²) in [7, 11) is 0. The van der Waals surface area contributed by atoms with Crippen LogP contribution < -0.4 is 10.3 Å². The number of aromatic nitrogens is 2. The largest absolute Gasteiger partial charge is 0.482 e. The molecule has 0 fully saturated rings. The number of carbonyl (C=O) groups is 1. The first-order valence-corrected chi connectivity index (χ1v) is 8.01. The minimum atomic E-state index is -1.04. The topological polar surface area (TPSA) is 94.6 Å².